The summed E-state index contributed by atoms with van der Waals surface area (Å²) in [5, 5.41) is 0. The van der Waals surface area contributed by atoms with Crippen LogP contribution in [0.5, 0.6) is 0 Å². The zero-order valence-electron chi connectivity index (χ0n) is 10.8. The van der Waals surface area contributed by atoms with E-state index in [1.807, 2.05) is 12.3 Å². The third-order valence-electron chi connectivity index (χ3n) is 4.31. The van der Waals surface area contributed by atoms with Gasteiger partial charge in [-0.25, -0.2) is 0 Å². The van der Waals surface area contributed by atoms with E-state index in [4.69, 9.17) is 5.73 Å². The van der Waals surface area contributed by atoms with E-state index in [1.165, 1.54) is 25.9 Å². The van der Waals surface area contributed by atoms with E-state index in [0.717, 1.165) is 24.8 Å². The van der Waals surface area contributed by atoms with E-state index >= 15 is 0 Å². The maximum Gasteiger partial charge on any atom is 0.0645 e. The lowest BCUT2D eigenvalue weighted by Gasteiger charge is -2.41. The SMILES string of the molecule is NCC(c1ccccn1)N1CCN2CCCC2C1. The first-order valence-electron chi connectivity index (χ1n) is 6.97. The number of hydrogen-bond donors (Lipinski definition) is 1. The molecule has 0 aliphatic carbocycles. The fraction of sp³-hybridized carbons (Fsp3) is 0.643. The molecule has 2 N–H and O–H groups in total. The first-order chi connectivity index (χ1) is 8.88. The molecule has 0 amide bonds. The van der Waals surface area contributed by atoms with Crippen molar-refractivity contribution in [2.24, 2.45) is 5.73 Å². The molecule has 2 fully saturated rings. The van der Waals surface area contributed by atoms with Crippen LogP contribution in [0.3, 0.4) is 0 Å². The fourth-order valence-corrected chi connectivity index (χ4v) is 3.33. The standard InChI is InChI=1S/C14H22N4/c15-10-14(13-5-1-2-6-16-13)18-9-8-17-7-3-4-12(17)11-18/h1-2,5-6,12,14H,3-4,7-11,15H2. The molecule has 0 saturated carbocycles. The van der Waals surface area contributed by atoms with E-state index < -0.39 is 0 Å². The average molecular weight is 246 g/mol. The van der Waals surface area contributed by atoms with Gasteiger partial charge in [-0.05, 0) is 31.5 Å². The van der Waals surface area contributed by atoms with E-state index in [9.17, 15) is 0 Å². The Balaban J connectivity index is 1.72. The topological polar surface area (TPSA) is 45.4 Å². The molecular weight excluding hydrogens is 224 g/mol. The molecule has 1 aromatic heterocycles. The van der Waals surface area contributed by atoms with Crippen molar-refractivity contribution < 1.29 is 0 Å². The summed E-state index contributed by atoms with van der Waals surface area (Å²) in [7, 11) is 0. The average Bonchev–Trinajstić information content (AvgIpc) is 2.88. The third kappa shape index (κ3) is 2.28. The zero-order valence-corrected chi connectivity index (χ0v) is 10.8. The summed E-state index contributed by atoms with van der Waals surface area (Å²) in [6.45, 7) is 5.40. The highest BCUT2D eigenvalue weighted by molar-refractivity contribution is 5.10. The minimum atomic E-state index is 0.286. The molecule has 2 aliphatic heterocycles. The van der Waals surface area contributed by atoms with Crippen molar-refractivity contribution in [2.45, 2.75) is 24.9 Å². The number of nitrogens with two attached hydrogens (primary N) is 1. The van der Waals surface area contributed by atoms with Crippen molar-refractivity contribution in [3.63, 3.8) is 0 Å². The molecule has 2 unspecified atom stereocenters. The van der Waals surface area contributed by atoms with Gasteiger partial charge in [0, 0.05) is 38.4 Å². The van der Waals surface area contributed by atoms with Crippen molar-refractivity contribution in [2.75, 3.05) is 32.7 Å². The van der Waals surface area contributed by atoms with Gasteiger partial charge < -0.3 is 5.73 Å². The van der Waals surface area contributed by atoms with Crippen molar-refractivity contribution in [3.8, 4) is 0 Å². The van der Waals surface area contributed by atoms with Gasteiger partial charge in [-0.2, -0.15) is 0 Å². The molecule has 0 spiro atoms. The van der Waals surface area contributed by atoms with Gasteiger partial charge >= 0.3 is 0 Å². The summed E-state index contributed by atoms with van der Waals surface area (Å²) in [5.41, 5.74) is 7.09. The van der Waals surface area contributed by atoms with Crippen molar-refractivity contribution >= 4 is 0 Å². The molecule has 4 nitrogen and oxygen atoms in total. The first kappa shape index (κ1) is 12.1. The number of aromatic nitrogens is 1. The highest BCUT2D eigenvalue weighted by atomic mass is 15.3. The smallest absolute Gasteiger partial charge is 0.0645 e. The summed E-state index contributed by atoms with van der Waals surface area (Å²) in [6, 6.07) is 7.15. The first-order valence-corrected chi connectivity index (χ1v) is 6.97. The molecule has 3 rings (SSSR count). The molecule has 98 valence electrons. The van der Waals surface area contributed by atoms with Crippen molar-refractivity contribution in [1.82, 2.24) is 14.8 Å². The van der Waals surface area contributed by atoms with Crippen LogP contribution in [0.2, 0.25) is 0 Å². The van der Waals surface area contributed by atoms with Gasteiger partial charge in [0.2, 0.25) is 0 Å². The Bertz CT molecular complexity index is 381. The van der Waals surface area contributed by atoms with Crippen LogP contribution in [-0.2, 0) is 0 Å². The summed E-state index contributed by atoms with van der Waals surface area (Å²) in [4.78, 5) is 9.63. The number of hydrogen-bond acceptors (Lipinski definition) is 4. The normalized spacial score (nSPS) is 27.1. The zero-order chi connectivity index (χ0) is 12.4. The van der Waals surface area contributed by atoms with Crippen LogP contribution < -0.4 is 5.73 Å². The van der Waals surface area contributed by atoms with Crippen LogP contribution >= 0.6 is 0 Å². The van der Waals surface area contributed by atoms with Gasteiger partial charge in [-0.3, -0.25) is 14.8 Å². The number of pyridine rings is 1. The van der Waals surface area contributed by atoms with Gasteiger partial charge in [0.1, 0.15) is 0 Å². The lowest BCUT2D eigenvalue weighted by molar-refractivity contribution is 0.0723. The predicted octanol–water partition coefficient (Wildman–Crippen LogP) is 0.861. The Morgan fingerprint density at radius 3 is 3.06 bits per heavy atom. The van der Waals surface area contributed by atoms with Crippen LogP contribution in [0.4, 0.5) is 0 Å². The van der Waals surface area contributed by atoms with Crippen LogP contribution in [0.25, 0.3) is 0 Å². The second-order valence-electron chi connectivity index (χ2n) is 5.33. The van der Waals surface area contributed by atoms with E-state index in [1.54, 1.807) is 0 Å². The Hall–Kier alpha value is -0.970. The fourth-order valence-electron chi connectivity index (χ4n) is 3.33. The summed E-state index contributed by atoms with van der Waals surface area (Å²) < 4.78 is 0. The van der Waals surface area contributed by atoms with Gasteiger partial charge in [0.05, 0.1) is 11.7 Å². The van der Waals surface area contributed by atoms with Gasteiger partial charge in [0.25, 0.3) is 0 Å². The highest BCUT2D eigenvalue weighted by Crippen LogP contribution is 2.26. The largest absolute Gasteiger partial charge is 0.329 e. The Morgan fingerprint density at radius 2 is 2.28 bits per heavy atom. The summed E-state index contributed by atoms with van der Waals surface area (Å²) in [6.07, 6.45) is 4.56. The van der Waals surface area contributed by atoms with Crippen molar-refractivity contribution in [3.05, 3.63) is 30.1 Å². The second-order valence-corrected chi connectivity index (χ2v) is 5.33. The Morgan fingerprint density at radius 1 is 1.33 bits per heavy atom. The quantitative estimate of drug-likeness (QED) is 0.859. The summed E-state index contributed by atoms with van der Waals surface area (Å²) in [5.74, 6) is 0. The Kier molecular flexibility index (Phi) is 3.59. The van der Waals surface area contributed by atoms with Crippen LogP contribution in [0, 0.1) is 0 Å². The van der Waals surface area contributed by atoms with E-state index in [0.29, 0.717) is 6.54 Å². The van der Waals surface area contributed by atoms with Crippen LogP contribution in [-0.4, -0.2) is 53.5 Å². The molecular formula is C14H22N4. The molecule has 4 heteroatoms. The minimum Gasteiger partial charge on any atom is -0.329 e. The number of piperazine rings is 1. The lowest BCUT2D eigenvalue weighted by Crippen LogP contribution is -2.52. The van der Waals surface area contributed by atoms with Gasteiger partial charge in [-0.15, -0.1) is 0 Å². The minimum absolute atomic E-state index is 0.286. The molecule has 1 aromatic rings. The third-order valence-corrected chi connectivity index (χ3v) is 4.31. The van der Waals surface area contributed by atoms with Gasteiger partial charge in [0.15, 0.2) is 0 Å². The molecule has 0 radical (unpaired) electrons. The van der Waals surface area contributed by atoms with Crippen LogP contribution in [0.15, 0.2) is 24.4 Å². The van der Waals surface area contributed by atoms with Gasteiger partial charge in [-0.1, -0.05) is 6.07 Å². The lowest BCUT2D eigenvalue weighted by atomic mass is 10.1. The monoisotopic (exact) mass is 246 g/mol. The highest BCUT2D eigenvalue weighted by Gasteiger charge is 2.33. The molecule has 2 atom stereocenters. The Labute approximate surface area is 109 Å². The molecule has 18 heavy (non-hydrogen) atoms. The molecule has 2 saturated heterocycles. The maximum atomic E-state index is 5.98. The number of fused-ring (bicyclic) bond motifs is 1. The molecule has 0 bridgehead atoms. The maximum absolute atomic E-state index is 5.98. The van der Waals surface area contributed by atoms with E-state index in [2.05, 4.69) is 26.9 Å². The summed E-state index contributed by atoms with van der Waals surface area (Å²) >= 11 is 0. The number of rotatable bonds is 3. The number of nitrogens with zero attached hydrogens (tertiary/aromatic N) is 3. The molecule has 0 aromatic carbocycles. The predicted molar refractivity (Wildman–Crippen MR) is 72.2 cm³/mol. The second kappa shape index (κ2) is 5.34. The molecule has 3 heterocycles. The molecule has 2 aliphatic rings. The van der Waals surface area contributed by atoms with E-state index in [-0.39, 0.29) is 6.04 Å². The van der Waals surface area contributed by atoms with Crippen LogP contribution in [0.1, 0.15) is 24.6 Å². The van der Waals surface area contributed by atoms with Crippen molar-refractivity contribution in [1.29, 1.82) is 0 Å².